The Morgan fingerprint density at radius 2 is 1.65 bits per heavy atom. The van der Waals surface area contributed by atoms with E-state index in [1.54, 1.807) is 6.07 Å². The lowest BCUT2D eigenvalue weighted by Gasteiger charge is -2.47. The molecule has 0 spiro atoms. The molecule has 12 heteroatoms. The monoisotopic (exact) mass is 683 g/mol. The van der Waals surface area contributed by atoms with Crippen LogP contribution in [0.4, 0.5) is 0 Å². The molecule has 1 aromatic heterocycles. The van der Waals surface area contributed by atoms with Gasteiger partial charge in [-0.3, -0.25) is 24.3 Å². The number of piperidine rings is 1. The molecular weight excluding hydrogens is 630 g/mol. The fraction of sp³-hybridized carbons (Fsp3) is 0.611. The molecule has 264 valence electrons. The van der Waals surface area contributed by atoms with Crippen molar-refractivity contribution in [1.82, 2.24) is 25.8 Å². The zero-order valence-electron chi connectivity index (χ0n) is 29.1. The first-order chi connectivity index (χ1) is 22.5. The van der Waals surface area contributed by atoms with E-state index in [1.165, 1.54) is 32.3 Å². The lowest BCUT2D eigenvalue weighted by molar-refractivity contribution is -0.133. The molecule has 1 saturated heterocycles. The normalized spacial score (nSPS) is 22.4. The number of likely N-dealkylation sites (tertiary alicyclic amines) is 1. The van der Waals surface area contributed by atoms with Crippen LogP contribution >= 0.6 is 0 Å². The lowest BCUT2D eigenvalue weighted by Crippen LogP contribution is -2.64. The molecule has 3 unspecified atom stereocenters. The SMILES string of the molecule is CC(C)(C)NC(=O)C1C[C@@H]2CCCC[C@@H]2CN1CC(O)C(Cc1ccccc1)NC(=O)[C@@H](NC(=O)c1cccnc1)C(C)(C)S(C)(=O)=O. The summed E-state index contributed by atoms with van der Waals surface area (Å²) in [6, 6.07) is 9.70. The zero-order valence-corrected chi connectivity index (χ0v) is 29.9. The number of rotatable bonds is 12. The first kappa shape index (κ1) is 37.5. The third kappa shape index (κ3) is 9.63. The van der Waals surface area contributed by atoms with Crippen LogP contribution in [-0.4, -0.2) is 95.0 Å². The van der Waals surface area contributed by atoms with Crippen LogP contribution in [0.25, 0.3) is 0 Å². The minimum Gasteiger partial charge on any atom is -0.390 e. The third-order valence-corrected chi connectivity index (χ3v) is 12.1. The van der Waals surface area contributed by atoms with Crippen molar-refractivity contribution in [2.24, 2.45) is 11.8 Å². The predicted molar refractivity (Wildman–Crippen MR) is 186 cm³/mol. The molecule has 0 bridgehead atoms. The van der Waals surface area contributed by atoms with Gasteiger partial charge in [0, 0.05) is 37.3 Å². The average molecular weight is 684 g/mol. The van der Waals surface area contributed by atoms with Crippen LogP contribution in [0.5, 0.6) is 0 Å². The molecule has 2 fully saturated rings. The predicted octanol–water partition coefficient (Wildman–Crippen LogP) is 2.89. The number of pyridine rings is 1. The minimum absolute atomic E-state index is 0.0737. The number of hydrogen-bond acceptors (Lipinski definition) is 8. The Kier molecular flexibility index (Phi) is 12.1. The van der Waals surface area contributed by atoms with Crippen molar-refractivity contribution >= 4 is 27.6 Å². The smallest absolute Gasteiger partial charge is 0.253 e. The molecule has 11 nitrogen and oxygen atoms in total. The van der Waals surface area contributed by atoms with E-state index in [0.29, 0.717) is 24.8 Å². The zero-order chi connectivity index (χ0) is 35.3. The van der Waals surface area contributed by atoms with Crippen molar-refractivity contribution < 1.29 is 27.9 Å². The highest BCUT2D eigenvalue weighted by molar-refractivity contribution is 7.92. The van der Waals surface area contributed by atoms with Gasteiger partial charge in [0.25, 0.3) is 5.91 Å². The molecule has 4 N–H and O–H groups in total. The molecular formula is C36H53N5O6S. The van der Waals surface area contributed by atoms with Crippen LogP contribution in [-0.2, 0) is 25.8 Å². The van der Waals surface area contributed by atoms with Gasteiger partial charge in [-0.05, 0) is 83.4 Å². The first-order valence-corrected chi connectivity index (χ1v) is 18.8. The van der Waals surface area contributed by atoms with Gasteiger partial charge in [-0.25, -0.2) is 8.42 Å². The van der Waals surface area contributed by atoms with Gasteiger partial charge in [0.15, 0.2) is 9.84 Å². The van der Waals surface area contributed by atoms with Crippen LogP contribution in [0.1, 0.15) is 82.6 Å². The molecule has 4 rings (SSSR count). The lowest BCUT2D eigenvalue weighted by atomic mass is 9.72. The van der Waals surface area contributed by atoms with Crippen LogP contribution in [0.2, 0.25) is 0 Å². The third-order valence-electron chi connectivity index (χ3n) is 9.93. The molecule has 48 heavy (non-hydrogen) atoms. The number of aliphatic hydroxyl groups is 1. The van der Waals surface area contributed by atoms with Gasteiger partial charge in [0.05, 0.1) is 28.5 Å². The molecule has 3 amide bonds. The van der Waals surface area contributed by atoms with Gasteiger partial charge in [-0.15, -0.1) is 0 Å². The number of fused-ring (bicyclic) bond motifs is 1. The van der Waals surface area contributed by atoms with Crippen LogP contribution < -0.4 is 16.0 Å². The Balaban J connectivity index is 1.63. The summed E-state index contributed by atoms with van der Waals surface area (Å²) in [6.07, 6.45) is 8.17. The number of nitrogens with zero attached hydrogens (tertiary/aromatic N) is 2. The van der Waals surface area contributed by atoms with E-state index >= 15 is 0 Å². The summed E-state index contributed by atoms with van der Waals surface area (Å²) in [5.74, 6) is -0.589. The van der Waals surface area contributed by atoms with Crippen LogP contribution in [0, 0.1) is 11.8 Å². The topological polar surface area (TPSA) is 158 Å². The van der Waals surface area contributed by atoms with Gasteiger partial charge >= 0.3 is 0 Å². The van der Waals surface area contributed by atoms with Crippen molar-refractivity contribution in [3.8, 4) is 0 Å². The number of nitrogens with one attached hydrogen (secondary N) is 3. The van der Waals surface area contributed by atoms with Crippen LogP contribution in [0.15, 0.2) is 54.9 Å². The number of β-amino-alcohol motifs (C(OH)–C–C–N with tert-alkyl or cyclic N) is 1. The molecule has 1 aliphatic heterocycles. The fourth-order valence-electron chi connectivity index (χ4n) is 6.89. The van der Waals surface area contributed by atoms with Gasteiger partial charge < -0.3 is 21.1 Å². The van der Waals surface area contributed by atoms with Crippen molar-refractivity contribution in [3.05, 3.63) is 66.0 Å². The number of benzene rings is 1. The maximum atomic E-state index is 14.1. The quantitative estimate of drug-likeness (QED) is 0.266. The van der Waals surface area contributed by atoms with E-state index in [2.05, 4.69) is 25.8 Å². The number of amides is 3. The summed E-state index contributed by atoms with van der Waals surface area (Å²) in [4.78, 5) is 47.0. The van der Waals surface area contributed by atoms with E-state index in [9.17, 15) is 27.9 Å². The largest absolute Gasteiger partial charge is 0.390 e. The Hall–Kier alpha value is -3.35. The summed E-state index contributed by atoms with van der Waals surface area (Å²) < 4.78 is 24.2. The van der Waals surface area contributed by atoms with Gasteiger partial charge in [-0.2, -0.15) is 0 Å². The number of aliphatic hydroxyl groups excluding tert-OH is 1. The van der Waals surface area contributed by atoms with Gasteiger partial charge in [0.1, 0.15) is 6.04 Å². The number of hydrogen-bond donors (Lipinski definition) is 4. The molecule has 2 heterocycles. The number of sulfone groups is 1. The molecule has 1 saturated carbocycles. The second-order valence-electron chi connectivity index (χ2n) is 15.1. The van der Waals surface area contributed by atoms with E-state index in [1.807, 2.05) is 51.1 Å². The summed E-state index contributed by atoms with van der Waals surface area (Å²) in [5.41, 5.74) is 0.607. The molecule has 2 aliphatic rings. The van der Waals surface area contributed by atoms with E-state index in [0.717, 1.165) is 37.5 Å². The average Bonchev–Trinajstić information content (AvgIpc) is 3.02. The Labute approximate surface area is 285 Å². The van der Waals surface area contributed by atoms with Gasteiger partial charge in [0.2, 0.25) is 11.8 Å². The van der Waals surface area contributed by atoms with Crippen molar-refractivity contribution in [1.29, 1.82) is 0 Å². The second kappa shape index (κ2) is 15.5. The van der Waals surface area contributed by atoms with E-state index in [4.69, 9.17) is 0 Å². The van der Waals surface area contributed by atoms with E-state index < -0.39 is 56.2 Å². The molecule has 1 aliphatic carbocycles. The van der Waals surface area contributed by atoms with Crippen molar-refractivity contribution in [3.63, 3.8) is 0 Å². The van der Waals surface area contributed by atoms with E-state index in [-0.39, 0.29) is 24.4 Å². The summed E-state index contributed by atoms with van der Waals surface area (Å²) in [7, 11) is -3.86. The highest BCUT2D eigenvalue weighted by atomic mass is 32.2. The molecule has 2 aromatic rings. The maximum Gasteiger partial charge on any atom is 0.253 e. The number of carbonyl (C=O) groups is 3. The minimum atomic E-state index is -3.86. The highest BCUT2D eigenvalue weighted by Crippen LogP contribution is 2.39. The molecule has 1 aromatic carbocycles. The van der Waals surface area contributed by atoms with Crippen LogP contribution in [0.3, 0.4) is 0 Å². The van der Waals surface area contributed by atoms with Crippen molar-refractivity contribution in [2.45, 2.75) is 108 Å². The second-order valence-corrected chi connectivity index (χ2v) is 17.7. The molecule has 0 radical (unpaired) electrons. The first-order valence-electron chi connectivity index (χ1n) is 16.9. The fourth-order valence-corrected chi connectivity index (χ4v) is 7.49. The summed E-state index contributed by atoms with van der Waals surface area (Å²) in [6.45, 7) is 9.43. The Morgan fingerprint density at radius 1 is 0.979 bits per heavy atom. The standard InChI is InChI=1S/C36H53N5O6S/c1-35(2,3)40-33(44)29-20-25-15-10-11-16-27(25)22-41(29)23-30(42)28(19-24-13-8-7-9-14-24)38-34(45)31(36(4,5)48(6,46)47)39-32(43)26-17-12-18-37-21-26/h7-9,12-14,17-18,21,25,27-31,42H,10-11,15-16,19-20,22-23H2,1-6H3,(H,38,45)(H,39,43)(H,40,44)/t25-,27+,28?,29?,30?,31+/m0/s1. The van der Waals surface area contributed by atoms with Gasteiger partial charge in [-0.1, -0.05) is 49.6 Å². The maximum absolute atomic E-state index is 14.1. The Bertz CT molecular complexity index is 1510. The van der Waals surface area contributed by atoms with Crippen molar-refractivity contribution in [2.75, 3.05) is 19.3 Å². The number of carbonyl (C=O) groups excluding carboxylic acids is 3. The summed E-state index contributed by atoms with van der Waals surface area (Å²) in [5, 5.41) is 20.6. The Morgan fingerprint density at radius 3 is 2.25 bits per heavy atom. The highest BCUT2D eigenvalue weighted by Gasteiger charge is 2.46. The summed E-state index contributed by atoms with van der Waals surface area (Å²) >= 11 is 0. The number of aromatic nitrogens is 1. The molecule has 6 atom stereocenters.